The zero-order valence-corrected chi connectivity index (χ0v) is 11.9. The van der Waals surface area contributed by atoms with Gasteiger partial charge >= 0.3 is 0 Å². The number of nitrogens with one attached hydrogen (secondary N) is 1. The van der Waals surface area contributed by atoms with Gasteiger partial charge in [-0.2, -0.15) is 0 Å². The molecule has 0 radical (unpaired) electrons. The highest BCUT2D eigenvalue weighted by Gasteiger charge is 2.17. The van der Waals surface area contributed by atoms with Gasteiger partial charge in [-0.3, -0.25) is 10.3 Å². The van der Waals surface area contributed by atoms with Gasteiger partial charge < -0.3 is 9.64 Å². The molecule has 0 spiro atoms. The molecule has 0 bridgehead atoms. The first-order valence-electron chi connectivity index (χ1n) is 7.15. The Hall–Kier alpha value is -0.580. The van der Waals surface area contributed by atoms with Crippen molar-refractivity contribution >= 4 is 0 Å². The second-order valence-corrected chi connectivity index (χ2v) is 4.77. The standard InChI is InChI=1S/C14H28N2O2/c1-4-13(3)15-18-12-6-11-17-14-7-9-16(5-2)10-8-14/h14-15H,3-12H2,1-2H3. The van der Waals surface area contributed by atoms with Crippen LogP contribution in [0.4, 0.5) is 0 Å². The van der Waals surface area contributed by atoms with E-state index in [1.807, 2.05) is 6.92 Å². The van der Waals surface area contributed by atoms with Crippen LogP contribution < -0.4 is 5.48 Å². The monoisotopic (exact) mass is 256 g/mol. The summed E-state index contributed by atoms with van der Waals surface area (Å²) < 4.78 is 5.85. The van der Waals surface area contributed by atoms with E-state index in [0.29, 0.717) is 12.7 Å². The Labute approximate surface area is 111 Å². The molecule has 0 aromatic heterocycles. The Morgan fingerprint density at radius 3 is 2.61 bits per heavy atom. The van der Waals surface area contributed by atoms with Crippen molar-refractivity contribution in [1.82, 2.24) is 10.4 Å². The third-order valence-corrected chi connectivity index (χ3v) is 3.37. The fourth-order valence-corrected chi connectivity index (χ4v) is 2.00. The summed E-state index contributed by atoms with van der Waals surface area (Å²) in [5, 5.41) is 0. The number of rotatable bonds is 9. The highest BCUT2D eigenvalue weighted by molar-refractivity contribution is 4.84. The Morgan fingerprint density at radius 1 is 1.28 bits per heavy atom. The average molecular weight is 256 g/mol. The molecule has 1 aliphatic heterocycles. The Morgan fingerprint density at radius 2 is 2.00 bits per heavy atom. The molecule has 0 atom stereocenters. The minimum Gasteiger partial charge on any atom is -0.378 e. The summed E-state index contributed by atoms with van der Waals surface area (Å²) >= 11 is 0. The van der Waals surface area contributed by atoms with Gasteiger partial charge in [-0.1, -0.05) is 20.4 Å². The lowest BCUT2D eigenvalue weighted by molar-refractivity contribution is -0.0107. The molecule has 1 saturated heterocycles. The maximum atomic E-state index is 5.85. The molecule has 1 heterocycles. The predicted octanol–water partition coefficient (Wildman–Crippen LogP) is 2.32. The zero-order chi connectivity index (χ0) is 13.2. The van der Waals surface area contributed by atoms with Crippen molar-refractivity contribution < 1.29 is 9.57 Å². The van der Waals surface area contributed by atoms with Crippen molar-refractivity contribution in [3.8, 4) is 0 Å². The molecule has 0 amide bonds. The molecule has 0 saturated carbocycles. The lowest BCUT2D eigenvalue weighted by atomic mass is 10.1. The van der Waals surface area contributed by atoms with E-state index in [0.717, 1.165) is 31.7 Å². The maximum absolute atomic E-state index is 5.85. The van der Waals surface area contributed by atoms with Gasteiger partial charge in [0.25, 0.3) is 0 Å². The van der Waals surface area contributed by atoms with Crippen molar-refractivity contribution in [2.45, 2.75) is 45.6 Å². The summed E-state index contributed by atoms with van der Waals surface area (Å²) in [7, 11) is 0. The van der Waals surface area contributed by atoms with Gasteiger partial charge in [0, 0.05) is 25.4 Å². The molecule has 1 aliphatic rings. The SMILES string of the molecule is C=C(CC)NOCCCOC1CCN(CC)CC1. The highest BCUT2D eigenvalue weighted by Crippen LogP contribution is 2.13. The maximum Gasteiger partial charge on any atom is 0.0767 e. The van der Waals surface area contributed by atoms with E-state index >= 15 is 0 Å². The molecule has 0 unspecified atom stereocenters. The van der Waals surface area contributed by atoms with Crippen LogP contribution in [0.25, 0.3) is 0 Å². The molecule has 1 N–H and O–H groups in total. The van der Waals surface area contributed by atoms with Crippen LogP contribution in [-0.2, 0) is 9.57 Å². The lowest BCUT2D eigenvalue weighted by Gasteiger charge is -2.30. The van der Waals surface area contributed by atoms with E-state index in [9.17, 15) is 0 Å². The van der Waals surface area contributed by atoms with Gasteiger partial charge in [-0.05, 0) is 32.2 Å². The second-order valence-electron chi connectivity index (χ2n) is 4.77. The van der Waals surface area contributed by atoms with Crippen molar-refractivity contribution in [1.29, 1.82) is 0 Å². The van der Waals surface area contributed by atoms with Gasteiger partial charge in [0.15, 0.2) is 0 Å². The second kappa shape index (κ2) is 9.36. The first kappa shape index (κ1) is 15.5. The van der Waals surface area contributed by atoms with Crippen LogP contribution in [0.1, 0.15) is 39.5 Å². The molecule has 0 aliphatic carbocycles. The average Bonchev–Trinajstić information content (AvgIpc) is 2.43. The molecule has 4 heteroatoms. The van der Waals surface area contributed by atoms with E-state index in [1.165, 1.54) is 25.9 Å². The van der Waals surface area contributed by atoms with Gasteiger partial charge in [0.1, 0.15) is 0 Å². The van der Waals surface area contributed by atoms with Gasteiger partial charge in [0.05, 0.1) is 12.7 Å². The topological polar surface area (TPSA) is 33.7 Å². The largest absolute Gasteiger partial charge is 0.378 e. The normalized spacial score (nSPS) is 17.9. The van der Waals surface area contributed by atoms with Crippen LogP contribution in [0.5, 0.6) is 0 Å². The molecule has 1 fully saturated rings. The summed E-state index contributed by atoms with van der Waals surface area (Å²) in [5.74, 6) is 0. The fourth-order valence-electron chi connectivity index (χ4n) is 2.00. The predicted molar refractivity (Wildman–Crippen MR) is 74.2 cm³/mol. The van der Waals surface area contributed by atoms with Crippen LogP contribution in [0.3, 0.4) is 0 Å². The van der Waals surface area contributed by atoms with Crippen molar-refractivity contribution in [2.24, 2.45) is 0 Å². The summed E-state index contributed by atoms with van der Waals surface area (Å²) in [5.41, 5.74) is 3.75. The number of hydrogen-bond acceptors (Lipinski definition) is 4. The Kier molecular flexibility index (Phi) is 8.05. The van der Waals surface area contributed by atoms with Crippen molar-refractivity contribution in [3.05, 3.63) is 12.3 Å². The molecule has 106 valence electrons. The van der Waals surface area contributed by atoms with E-state index in [2.05, 4.69) is 23.9 Å². The van der Waals surface area contributed by atoms with E-state index in [-0.39, 0.29) is 0 Å². The first-order valence-corrected chi connectivity index (χ1v) is 7.15. The summed E-state index contributed by atoms with van der Waals surface area (Å²) in [6, 6.07) is 0. The number of allylic oxidation sites excluding steroid dienone is 1. The summed E-state index contributed by atoms with van der Waals surface area (Å²) in [6.45, 7) is 13.0. The first-order chi connectivity index (χ1) is 8.76. The number of piperidine rings is 1. The Balaban J connectivity index is 1.91. The van der Waals surface area contributed by atoms with Crippen molar-refractivity contribution in [3.63, 3.8) is 0 Å². The molecule has 4 nitrogen and oxygen atoms in total. The van der Waals surface area contributed by atoms with Gasteiger partial charge in [-0.25, -0.2) is 0 Å². The minimum absolute atomic E-state index is 0.450. The van der Waals surface area contributed by atoms with Crippen LogP contribution in [0.15, 0.2) is 12.3 Å². The highest BCUT2D eigenvalue weighted by atomic mass is 16.6. The van der Waals surface area contributed by atoms with E-state index < -0.39 is 0 Å². The number of hydroxylamine groups is 1. The molecular weight excluding hydrogens is 228 g/mol. The number of ether oxygens (including phenoxy) is 1. The van der Waals surface area contributed by atoms with E-state index in [4.69, 9.17) is 9.57 Å². The lowest BCUT2D eigenvalue weighted by Crippen LogP contribution is -2.36. The number of nitrogens with zero attached hydrogens (tertiary/aromatic N) is 1. The Bertz CT molecular complexity index is 226. The summed E-state index contributed by atoms with van der Waals surface area (Å²) in [4.78, 5) is 7.75. The molecule has 18 heavy (non-hydrogen) atoms. The molecule has 0 aromatic carbocycles. The van der Waals surface area contributed by atoms with E-state index in [1.54, 1.807) is 0 Å². The number of likely N-dealkylation sites (tertiary alicyclic amines) is 1. The quantitative estimate of drug-likeness (QED) is 0.507. The fraction of sp³-hybridized carbons (Fsp3) is 0.857. The third-order valence-electron chi connectivity index (χ3n) is 3.37. The van der Waals surface area contributed by atoms with Crippen LogP contribution >= 0.6 is 0 Å². The van der Waals surface area contributed by atoms with Crippen LogP contribution in [0, 0.1) is 0 Å². The number of hydrogen-bond donors (Lipinski definition) is 1. The van der Waals surface area contributed by atoms with Gasteiger partial charge in [-0.15, -0.1) is 0 Å². The zero-order valence-electron chi connectivity index (χ0n) is 11.9. The third kappa shape index (κ3) is 6.38. The summed E-state index contributed by atoms with van der Waals surface area (Å²) in [6.07, 6.45) is 4.61. The van der Waals surface area contributed by atoms with Crippen molar-refractivity contribution in [2.75, 3.05) is 32.8 Å². The van der Waals surface area contributed by atoms with Gasteiger partial charge in [0.2, 0.25) is 0 Å². The smallest absolute Gasteiger partial charge is 0.0767 e. The van der Waals surface area contributed by atoms with Crippen LogP contribution in [0.2, 0.25) is 0 Å². The molecular formula is C14H28N2O2. The molecule has 0 aromatic rings. The minimum atomic E-state index is 0.450. The molecule has 1 rings (SSSR count). The van der Waals surface area contributed by atoms with Crippen LogP contribution in [-0.4, -0.2) is 43.9 Å².